The highest BCUT2D eigenvalue weighted by molar-refractivity contribution is 5.86. The van der Waals surface area contributed by atoms with Gasteiger partial charge in [-0.05, 0) is 50.0 Å². The standard InChI is InChI=1S/C23H29FN2O2/c1-28-14-13-19-22(27)20-15-16(24)11-12-21(20)26(18-9-5-6-10-18)23(19)25-17-7-3-2-4-8-17/h11-15,17-18,25H,2-10H2,1H3. The Hall–Kier alpha value is -2.30. The van der Waals surface area contributed by atoms with Gasteiger partial charge in [-0.25, -0.2) is 4.39 Å². The summed E-state index contributed by atoms with van der Waals surface area (Å²) in [5.41, 5.74) is 1.25. The predicted molar refractivity (Wildman–Crippen MR) is 112 cm³/mol. The van der Waals surface area contributed by atoms with Gasteiger partial charge in [-0.2, -0.15) is 0 Å². The van der Waals surface area contributed by atoms with Crippen LogP contribution in [0.4, 0.5) is 10.2 Å². The largest absolute Gasteiger partial charge is 0.504 e. The molecule has 0 aliphatic heterocycles. The van der Waals surface area contributed by atoms with Crippen molar-refractivity contribution in [3.63, 3.8) is 0 Å². The molecule has 0 amide bonds. The highest BCUT2D eigenvalue weighted by Crippen LogP contribution is 2.37. The Morgan fingerprint density at radius 2 is 1.82 bits per heavy atom. The molecule has 2 aliphatic carbocycles. The van der Waals surface area contributed by atoms with Gasteiger partial charge in [-0.1, -0.05) is 32.1 Å². The van der Waals surface area contributed by atoms with E-state index >= 15 is 0 Å². The van der Waals surface area contributed by atoms with Crippen LogP contribution in [0.2, 0.25) is 0 Å². The van der Waals surface area contributed by atoms with Gasteiger partial charge in [0.1, 0.15) is 11.6 Å². The third-order valence-electron chi connectivity index (χ3n) is 6.21. The highest BCUT2D eigenvalue weighted by atomic mass is 19.1. The van der Waals surface area contributed by atoms with Crippen LogP contribution >= 0.6 is 0 Å². The van der Waals surface area contributed by atoms with Gasteiger partial charge in [-0.3, -0.25) is 4.79 Å². The van der Waals surface area contributed by atoms with E-state index in [9.17, 15) is 9.18 Å². The van der Waals surface area contributed by atoms with Crippen LogP contribution in [0, 0.1) is 5.82 Å². The highest BCUT2D eigenvalue weighted by Gasteiger charge is 2.26. The van der Waals surface area contributed by atoms with Gasteiger partial charge in [0.05, 0.1) is 24.5 Å². The maximum Gasteiger partial charge on any atom is 0.198 e. The summed E-state index contributed by atoms with van der Waals surface area (Å²) in [6.45, 7) is 0. The van der Waals surface area contributed by atoms with Crippen molar-refractivity contribution in [2.24, 2.45) is 0 Å². The zero-order valence-electron chi connectivity index (χ0n) is 16.5. The Morgan fingerprint density at radius 3 is 2.54 bits per heavy atom. The predicted octanol–water partition coefficient (Wildman–Crippen LogP) is 5.62. The van der Waals surface area contributed by atoms with Crippen molar-refractivity contribution in [2.75, 3.05) is 12.4 Å². The van der Waals surface area contributed by atoms with Gasteiger partial charge in [0.25, 0.3) is 0 Å². The second-order valence-electron chi connectivity index (χ2n) is 8.08. The van der Waals surface area contributed by atoms with E-state index in [1.807, 2.05) is 0 Å². The number of hydrogen-bond donors (Lipinski definition) is 1. The third-order valence-corrected chi connectivity index (χ3v) is 6.21. The van der Waals surface area contributed by atoms with Gasteiger partial charge in [-0.15, -0.1) is 0 Å². The van der Waals surface area contributed by atoms with Gasteiger partial charge < -0.3 is 14.6 Å². The van der Waals surface area contributed by atoms with E-state index in [0.29, 0.717) is 23.0 Å². The summed E-state index contributed by atoms with van der Waals surface area (Å²) in [6, 6.07) is 5.29. The Balaban J connectivity index is 1.95. The normalized spacial score (nSPS) is 18.9. The SMILES string of the molecule is COC=Cc1c(NC2CCCCC2)n(C2CCCC2)c2ccc(F)cc2c1=O. The molecule has 4 rings (SSSR count). The maximum absolute atomic E-state index is 14.0. The molecule has 0 bridgehead atoms. The fourth-order valence-electron chi connectivity index (χ4n) is 4.82. The molecule has 2 aromatic rings. The maximum atomic E-state index is 14.0. The Kier molecular flexibility index (Phi) is 5.69. The van der Waals surface area contributed by atoms with Gasteiger partial charge in [0.2, 0.25) is 0 Å². The van der Waals surface area contributed by atoms with E-state index in [-0.39, 0.29) is 11.2 Å². The molecule has 1 aromatic carbocycles. The van der Waals surface area contributed by atoms with E-state index in [4.69, 9.17) is 4.74 Å². The van der Waals surface area contributed by atoms with Crippen LogP contribution < -0.4 is 10.7 Å². The van der Waals surface area contributed by atoms with E-state index in [1.54, 1.807) is 19.3 Å². The Labute approximate surface area is 165 Å². The van der Waals surface area contributed by atoms with Gasteiger partial charge in [0, 0.05) is 17.5 Å². The molecule has 0 radical (unpaired) electrons. The second-order valence-corrected chi connectivity index (χ2v) is 8.08. The molecule has 1 heterocycles. The lowest BCUT2D eigenvalue weighted by atomic mass is 9.95. The fraction of sp³-hybridized carbons (Fsp3) is 0.522. The molecule has 0 atom stereocenters. The number of nitrogens with zero attached hydrogens (tertiary/aromatic N) is 1. The summed E-state index contributed by atoms with van der Waals surface area (Å²) in [7, 11) is 1.57. The number of nitrogens with one attached hydrogen (secondary N) is 1. The van der Waals surface area contributed by atoms with E-state index in [1.165, 1.54) is 50.5 Å². The number of halogens is 1. The first-order chi connectivity index (χ1) is 13.7. The molecule has 1 N–H and O–H groups in total. The van der Waals surface area contributed by atoms with Crippen molar-refractivity contribution >= 4 is 22.8 Å². The zero-order valence-corrected chi connectivity index (χ0v) is 16.5. The zero-order chi connectivity index (χ0) is 19.5. The molecule has 5 heteroatoms. The van der Waals surface area contributed by atoms with Gasteiger partial charge >= 0.3 is 0 Å². The molecule has 2 aliphatic rings. The number of pyridine rings is 1. The Morgan fingerprint density at radius 1 is 1.11 bits per heavy atom. The van der Waals surface area contributed by atoms with Gasteiger partial charge in [0.15, 0.2) is 5.43 Å². The number of rotatable bonds is 5. The number of anilines is 1. The molecule has 2 fully saturated rings. The molecule has 150 valence electrons. The summed E-state index contributed by atoms with van der Waals surface area (Å²) < 4.78 is 21.4. The minimum Gasteiger partial charge on any atom is -0.504 e. The van der Waals surface area contributed by atoms with Crippen molar-refractivity contribution in [2.45, 2.75) is 69.9 Å². The first-order valence-corrected chi connectivity index (χ1v) is 10.5. The molecule has 0 saturated heterocycles. The van der Waals surface area contributed by atoms with E-state index < -0.39 is 0 Å². The first kappa shape index (κ1) is 19.0. The topological polar surface area (TPSA) is 43.3 Å². The average molecular weight is 384 g/mol. The summed E-state index contributed by atoms with van der Waals surface area (Å²) in [5, 5.41) is 4.16. The van der Waals surface area contributed by atoms with Crippen LogP contribution in [0.1, 0.15) is 69.4 Å². The van der Waals surface area contributed by atoms with Crippen LogP contribution in [0.5, 0.6) is 0 Å². The molecule has 28 heavy (non-hydrogen) atoms. The Bertz CT molecular complexity index is 922. The number of aromatic nitrogens is 1. The van der Waals surface area contributed by atoms with Crippen LogP contribution in [0.25, 0.3) is 17.0 Å². The number of hydrogen-bond acceptors (Lipinski definition) is 3. The van der Waals surface area contributed by atoms with Crippen LogP contribution in [-0.2, 0) is 4.74 Å². The lowest BCUT2D eigenvalue weighted by molar-refractivity contribution is 0.341. The van der Waals surface area contributed by atoms with Crippen molar-refractivity contribution in [1.82, 2.24) is 4.57 Å². The average Bonchev–Trinajstić information content (AvgIpc) is 3.23. The summed E-state index contributed by atoms with van der Waals surface area (Å²) in [4.78, 5) is 13.3. The van der Waals surface area contributed by atoms with Crippen molar-refractivity contribution in [3.05, 3.63) is 46.1 Å². The summed E-state index contributed by atoms with van der Waals surface area (Å²) >= 11 is 0. The molecule has 2 saturated carbocycles. The third kappa shape index (κ3) is 3.67. The lowest BCUT2D eigenvalue weighted by Crippen LogP contribution is -2.28. The van der Waals surface area contributed by atoms with Crippen molar-refractivity contribution in [3.8, 4) is 0 Å². The van der Waals surface area contributed by atoms with E-state index in [2.05, 4.69) is 9.88 Å². The fourth-order valence-corrected chi connectivity index (χ4v) is 4.82. The minimum absolute atomic E-state index is 0.143. The van der Waals surface area contributed by atoms with Crippen LogP contribution in [0.3, 0.4) is 0 Å². The number of benzene rings is 1. The molecule has 0 unspecified atom stereocenters. The van der Waals surface area contributed by atoms with Crippen LogP contribution in [0.15, 0.2) is 29.3 Å². The minimum atomic E-state index is -0.378. The van der Waals surface area contributed by atoms with Crippen LogP contribution in [-0.4, -0.2) is 17.7 Å². The van der Waals surface area contributed by atoms with Crippen molar-refractivity contribution in [1.29, 1.82) is 0 Å². The monoisotopic (exact) mass is 384 g/mol. The van der Waals surface area contributed by atoms with E-state index in [0.717, 1.165) is 37.0 Å². The molecular formula is C23H29FN2O2. The summed E-state index contributed by atoms with van der Waals surface area (Å²) in [6.07, 6.45) is 13.8. The smallest absolute Gasteiger partial charge is 0.198 e. The second kappa shape index (κ2) is 8.38. The number of ether oxygens (including phenoxy) is 1. The first-order valence-electron chi connectivity index (χ1n) is 10.5. The number of methoxy groups -OCH3 is 1. The number of fused-ring (bicyclic) bond motifs is 1. The quantitative estimate of drug-likeness (QED) is 0.681. The molecule has 4 nitrogen and oxygen atoms in total. The molecule has 1 aromatic heterocycles. The van der Waals surface area contributed by atoms with Crippen molar-refractivity contribution < 1.29 is 9.13 Å². The summed E-state index contributed by atoms with van der Waals surface area (Å²) in [5.74, 6) is 0.494. The molecular weight excluding hydrogens is 355 g/mol. The lowest BCUT2D eigenvalue weighted by Gasteiger charge is -2.30. The molecule has 0 spiro atoms.